The van der Waals surface area contributed by atoms with Crippen molar-refractivity contribution in [3.8, 4) is 0 Å². The highest BCUT2D eigenvalue weighted by molar-refractivity contribution is 9.09. The van der Waals surface area contributed by atoms with Gasteiger partial charge in [0.05, 0.1) is 27.9 Å². The fourth-order valence-electron chi connectivity index (χ4n) is 5.29. The molecule has 1 aliphatic heterocycles. The minimum Gasteiger partial charge on any atom is -0.461 e. The van der Waals surface area contributed by atoms with E-state index in [2.05, 4.69) is 26.6 Å². The quantitative estimate of drug-likeness (QED) is 0.458. The number of anilines is 2. The Hall–Kier alpha value is -2.88. The summed E-state index contributed by atoms with van der Waals surface area (Å²) in [6.45, 7) is 0. The third-order valence-electron chi connectivity index (χ3n) is 6.72. The second-order valence-corrected chi connectivity index (χ2v) is 9.58. The molecule has 3 fully saturated rings. The molecule has 33 heavy (non-hydrogen) atoms. The van der Waals surface area contributed by atoms with Gasteiger partial charge in [0.1, 0.15) is 6.10 Å². The smallest absolute Gasteiger partial charge is 0.418 e. The molecular weight excluding hydrogens is 505 g/mol. The zero-order chi connectivity index (χ0) is 23.5. The van der Waals surface area contributed by atoms with Gasteiger partial charge < -0.3 is 15.4 Å². The summed E-state index contributed by atoms with van der Waals surface area (Å²) >= 11 is 3.57. The van der Waals surface area contributed by atoms with Crippen LogP contribution in [0.5, 0.6) is 0 Å². The average Bonchev–Trinajstić information content (AvgIpc) is 3.38. The molecule has 0 unspecified atom stereocenters. The van der Waals surface area contributed by atoms with Crippen LogP contribution in [0.1, 0.15) is 22.3 Å². The molecule has 6 atom stereocenters. The van der Waals surface area contributed by atoms with Crippen molar-refractivity contribution in [2.24, 2.45) is 23.7 Å². The highest BCUT2D eigenvalue weighted by Gasteiger charge is 2.67. The number of carbonyl (C=O) groups is 3. The molecule has 5 rings (SSSR count). The minimum atomic E-state index is -4.60. The van der Waals surface area contributed by atoms with Gasteiger partial charge in [-0.05, 0) is 48.7 Å². The van der Waals surface area contributed by atoms with Crippen LogP contribution >= 0.6 is 15.9 Å². The van der Waals surface area contributed by atoms with Gasteiger partial charge >= 0.3 is 12.1 Å². The number of nitrogens with one attached hydrogen (secondary N) is 2. The van der Waals surface area contributed by atoms with Gasteiger partial charge in [-0.3, -0.25) is 14.4 Å². The Morgan fingerprint density at radius 1 is 1.00 bits per heavy atom. The molecule has 1 saturated heterocycles. The first-order chi connectivity index (χ1) is 15.6. The third kappa shape index (κ3) is 3.70. The molecule has 172 valence electrons. The SMILES string of the molecule is O=C(Nc1ccccc1C(F)(F)F)c1ccc(NC(=O)[C@@H]2[C@H]3C[C@H]4[C@H](OC(=O)[C@H]42)[C@@H]3Br)cc1. The maximum atomic E-state index is 13.1. The first kappa shape index (κ1) is 21.9. The van der Waals surface area contributed by atoms with Gasteiger partial charge in [0.2, 0.25) is 5.91 Å². The molecule has 2 aliphatic carbocycles. The first-order valence-corrected chi connectivity index (χ1v) is 11.3. The number of fused-ring (bicyclic) bond motifs is 1. The van der Waals surface area contributed by atoms with Crippen LogP contribution in [-0.2, 0) is 20.5 Å². The number of benzene rings is 2. The Morgan fingerprint density at radius 3 is 2.39 bits per heavy atom. The Labute approximate surface area is 195 Å². The summed E-state index contributed by atoms with van der Waals surface area (Å²) in [4.78, 5) is 37.6. The fourth-order valence-corrected chi connectivity index (χ4v) is 6.34. The molecule has 0 spiro atoms. The number of rotatable bonds is 4. The van der Waals surface area contributed by atoms with Crippen LogP contribution in [-0.4, -0.2) is 28.7 Å². The van der Waals surface area contributed by atoms with Crippen molar-refractivity contribution < 1.29 is 32.3 Å². The number of carbonyl (C=O) groups excluding carboxylic acids is 3. The summed E-state index contributed by atoms with van der Waals surface area (Å²) in [5.41, 5.74) is -0.725. The summed E-state index contributed by atoms with van der Waals surface area (Å²) < 4.78 is 44.8. The van der Waals surface area contributed by atoms with E-state index in [9.17, 15) is 27.6 Å². The molecule has 2 aromatic rings. The lowest BCUT2D eigenvalue weighted by Crippen LogP contribution is -2.40. The summed E-state index contributed by atoms with van der Waals surface area (Å²) in [6.07, 6.45) is -4.01. The maximum Gasteiger partial charge on any atom is 0.418 e. The van der Waals surface area contributed by atoms with E-state index in [1.165, 1.54) is 42.5 Å². The number of alkyl halides is 4. The predicted octanol–water partition coefficient (Wildman–Crippen LogP) is 4.47. The van der Waals surface area contributed by atoms with E-state index < -0.39 is 29.5 Å². The standard InChI is InChI=1S/C23H18BrF3N2O4/c24-18-12-9-13-17(22(32)33-19(13)18)16(12)21(31)28-11-7-5-10(6-8-11)20(30)29-15-4-2-1-3-14(15)23(25,26)27/h1-8,12-13,16-19H,9H2,(H,28,31)(H,29,30)/t12-,13-,16-,17-,18-,19+/m1/s1. The van der Waals surface area contributed by atoms with Crippen molar-refractivity contribution in [2.45, 2.75) is 23.5 Å². The predicted molar refractivity (Wildman–Crippen MR) is 116 cm³/mol. The Balaban J connectivity index is 1.27. The van der Waals surface area contributed by atoms with Crippen LogP contribution in [0.4, 0.5) is 24.5 Å². The van der Waals surface area contributed by atoms with Gasteiger partial charge in [0.25, 0.3) is 5.91 Å². The highest BCUT2D eigenvalue weighted by Crippen LogP contribution is 2.60. The first-order valence-electron chi connectivity index (χ1n) is 10.4. The van der Waals surface area contributed by atoms with Crippen molar-refractivity contribution in [3.63, 3.8) is 0 Å². The monoisotopic (exact) mass is 522 g/mol. The number of hydrogen-bond donors (Lipinski definition) is 2. The number of amides is 2. The van der Waals surface area contributed by atoms with E-state index in [4.69, 9.17) is 4.74 Å². The normalized spacial score (nSPS) is 29.6. The molecule has 2 N–H and O–H groups in total. The van der Waals surface area contributed by atoms with Crippen LogP contribution in [0, 0.1) is 23.7 Å². The largest absolute Gasteiger partial charge is 0.461 e. The minimum absolute atomic E-state index is 0.00945. The molecule has 0 aromatic heterocycles. The van der Waals surface area contributed by atoms with Crippen LogP contribution in [0.15, 0.2) is 48.5 Å². The number of ether oxygens (including phenoxy) is 1. The summed E-state index contributed by atoms with van der Waals surface area (Å²) in [5.74, 6) is -2.20. The Kier molecular flexibility index (Phi) is 5.23. The summed E-state index contributed by atoms with van der Waals surface area (Å²) in [6, 6.07) is 10.5. The molecule has 6 nitrogen and oxygen atoms in total. The van der Waals surface area contributed by atoms with Gasteiger partial charge in [-0.1, -0.05) is 28.1 Å². The zero-order valence-corrected chi connectivity index (χ0v) is 18.5. The number of para-hydroxylation sites is 1. The topological polar surface area (TPSA) is 84.5 Å². The lowest BCUT2D eigenvalue weighted by atomic mass is 9.79. The summed E-state index contributed by atoms with van der Waals surface area (Å²) in [5, 5.41) is 5.07. The Morgan fingerprint density at radius 2 is 1.70 bits per heavy atom. The molecule has 3 aliphatic rings. The zero-order valence-electron chi connectivity index (χ0n) is 16.9. The molecule has 0 radical (unpaired) electrons. The van der Waals surface area contributed by atoms with Gasteiger partial charge in [0.15, 0.2) is 0 Å². The third-order valence-corrected chi connectivity index (χ3v) is 7.92. The average molecular weight is 523 g/mol. The number of hydrogen-bond acceptors (Lipinski definition) is 4. The van der Waals surface area contributed by atoms with E-state index in [0.29, 0.717) is 5.69 Å². The van der Waals surface area contributed by atoms with Crippen molar-refractivity contribution >= 4 is 45.1 Å². The van der Waals surface area contributed by atoms with E-state index in [1.54, 1.807) is 0 Å². The lowest BCUT2D eigenvalue weighted by Gasteiger charge is -2.27. The van der Waals surface area contributed by atoms with Crippen LogP contribution < -0.4 is 10.6 Å². The molecule has 2 amide bonds. The van der Waals surface area contributed by atoms with Gasteiger partial charge in [-0.25, -0.2) is 0 Å². The highest BCUT2D eigenvalue weighted by atomic mass is 79.9. The van der Waals surface area contributed by atoms with Crippen molar-refractivity contribution in [3.05, 3.63) is 59.7 Å². The van der Waals surface area contributed by atoms with Gasteiger partial charge in [-0.2, -0.15) is 13.2 Å². The van der Waals surface area contributed by atoms with Crippen molar-refractivity contribution in [2.75, 3.05) is 10.6 Å². The summed E-state index contributed by atoms with van der Waals surface area (Å²) in [7, 11) is 0. The van der Waals surface area contributed by atoms with Gasteiger partial charge in [-0.15, -0.1) is 0 Å². The molecule has 1 heterocycles. The van der Waals surface area contributed by atoms with Crippen LogP contribution in [0.3, 0.4) is 0 Å². The fraction of sp³-hybridized carbons (Fsp3) is 0.348. The van der Waals surface area contributed by atoms with Crippen molar-refractivity contribution in [1.29, 1.82) is 0 Å². The number of esters is 1. The second-order valence-electron chi connectivity index (χ2n) is 8.52. The molecule has 2 saturated carbocycles. The van der Waals surface area contributed by atoms with Crippen LogP contribution in [0.25, 0.3) is 0 Å². The second kappa shape index (κ2) is 7.86. The lowest BCUT2D eigenvalue weighted by molar-refractivity contribution is -0.145. The molecule has 10 heteroatoms. The van der Waals surface area contributed by atoms with E-state index in [1.807, 2.05) is 0 Å². The molecule has 2 aromatic carbocycles. The Bertz CT molecular complexity index is 1140. The van der Waals surface area contributed by atoms with Crippen molar-refractivity contribution in [1.82, 2.24) is 0 Å². The van der Waals surface area contributed by atoms with E-state index >= 15 is 0 Å². The van der Waals surface area contributed by atoms with E-state index in [0.717, 1.165) is 12.5 Å². The van der Waals surface area contributed by atoms with Gasteiger partial charge in [0, 0.05) is 17.2 Å². The van der Waals surface area contributed by atoms with Crippen LogP contribution in [0.2, 0.25) is 0 Å². The number of halogens is 4. The molecule has 2 bridgehead atoms. The molecular formula is C23H18BrF3N2O4. The van der Waals surface area contributed by atoms with E-state index in [-0.39, 0.29) is 45.9 Å². The maximum absolute atomic E-state index is 13.1.